The number of hydrogen-bond donors (Lipinski definition) is 0. The highest BCUT2D eigenvalue weighted by atomic mass is 32.2. The molecule has 0 aliphatic rings. The fourth-order valence-corrected chi connectivity index (χ4v) is 4.01. The summed E-state index contributed by atoms with van der Waals surface area (Å²) in [7, 11) is 0. The van der Waals surface area contributed by atoms with Crippen molar-refractivity contribution in [1.82, 2.24) is 0 Å². The molecule has 2 aromatic rings. The first-order chi connectivity index (χ1) is 10.7. The summed E-state index contributed by atoms with van der Waals surface area (Å²) in [6.07, 6.45) is 3.41. The van der Waals surface area contributed by atoms with Crippen LogP contribution in [0.15, 0.2) is 54.6 Å². The summed E-state index contributed by atoms with van der Waals surface area (Å²) in [5.74, 6) is 2.90. The summed E-state index contributed by atoms with van der Waals surface area (Å²) in [6.45, 7) is 7.11. The van der Waals surface area contributed by atoms with E-state index in [0.29, 0.717) is 17.8 Å². The second-order valence-corrected chi connectivity index (χ2v) is 7.11. The van der Waals surface area contributed by atoms with Gasteiger partial charge in [0.2, 0.25) is 0 Å². The number of hydrogen-bond acceptors (Lipinski definition) is 1. The number of rotatable bonds is 7. The van der Waals surface area contributed by atoms with Crippen molar-refractivity contribution < 1.29 is 0 Å². The fourth-order valence-electron chi connectivity index (χ4n) is 3.43. The Morgan fingerprint density at radius 2 is 1.55 bits per heavy atom. The first kappa shape index (κ1) is 17.1. The molecule has 0 spiro atoms. The lowest BCUT2D eigenvalue weighted by molar-refractivity contribution is 0.395. The molecule has 0 aromatic heterocycles. The minimum absolute atomic E-state index is 0.541. The largest absolute Gasteiger partial charge is 0.161 e. The molecule has 0 heterocycles. The normalized spacial score (nSPS) is 15.3. The first-order valence-electron chi connectivity index (χ1n) is 8.30. The molecule has 0 N–H and O–H groups in total. The van der Waals surface area contributed by atoms with E-state index in [1.54, 1.807) is 5.56 Å². The molecule has 0 bridgehead atoms. The molecule has 3 unspecified atom stereocenters. The van der Waals surface area contributed by atoms with Gasteiger partial charge in [-0.25, -0.2) is 0 Å². The minimum atomic E-state index is 0.541. The smallest absolute Gasteiger partial charge is 0.0184 e. The van der Waals surface area contributed by atoms with E-state index < -0.39 is 0 Å². The molecule has 22 heavy (non-hydrogen) atoms. The average molecular weight is 313 g/mol. The van der Waals surface area contributed by atoms with Gasteiger partial charge in [-0.05, 0) is 40.7 Å². The van der Waals surface area contributed by atoms with Crippen molar-refractivity contribution in [2.24, 2.45) is 5.92 Å². The summed E-state index contributed by atoms with van der Waals surface area (Å²) >= 11 is 1.91. The summed E-state index contributed by atoms with van der Waals surface area (Å²) in [4.78, 5) is 0. The summed E-state index contributed by atoms with van der Waals surface area (Å²) in [6, 6.07) is 20.0. The second-order valence-electron chi connectivity index (χ2n) is 6.24. The second kappa shape index (κ2) is 8.43. The lowest BCUT2D eigenvalue weighted by Gasteiger charge is -2.31. The van der Waals surface area contributed by atoms with E-state index in [1.165, 1.54) is 17.5 Å². The predicted molar refractivity (Wildman–Crippen MR) is 101 cm³/mol. The van der Waals surface area contributed by atoms with Gasteiger partial charge in [-0.15, -0.1) is 0 Å². The van der Waals surface area contributed by atoms with Crippen molar-refractivity contribution in [2.75, 3.05) is 6.26 Å². The third-order valence-corrected chi connectivity index (χ3v) is 5.43. The Kier molecular flexibility index (Phi) is 6.57. The maximum Gasteiger partial charge on any atom is 0.0184 e. The molecule has 2 aromatic carbocycles. The van der Waals surface area contributed by atoms with Gasteiger partial charge in [0.05, 0.1) is 0 Å². The van der Waals surface area contributed by atoms with Gasteiger partial charge in [-0.1, -0.05) is 81.8 Å². The average Bonchev–Trinajstić information content (AvgIpc) is 2.57. The highest BCUT2D eigenvalue weighted by molar-refractivity contribution is 7.97. The van der Waals surface area contributed by atoms with Gasteiger partial charge in [0, 0.05) is 5.75 Å². The molecular formula is C21H28S. The van der Waals surface area contributed by atoms with Gasteiger partial charge in [-0.2, -0.15) is 11.8 Å². The summed E-state index contributed by atoms with van der Waals surface area (Å²) in [5.41, 5.74) is 4.50. The van der Waals surface area contributed by atoms with Crippen LogP contribution in [-0.4, -0.2) is 6.26 Å². The van der Waals surface area contributed by atoms with E-state index in [0.717, 1.165) is 5.75 Å². The molecule has 0 nitrogen and oxygen atoms in total. The lowest BCUT2D eigenvalue weighted by Crippen LogP contribution is -2.18. The van der Waals surface area contributed by atoms with E-state index in [2.05, 4.69) is 81.6 Å². The van der Waals surface area contributed by atoms with E-state index in [-0.39, 0.29) is 0 Å². The van der Waals surface area contributed by atoms with Gasteiger partial charge < -0.3 is 0 Å². The molecule has 0 aliphatic carbocycles. The van der Waals surface area contributed by atoms with Gasteiger partial charge in [-0.3, -0.25) is 0 Å². The zero-order chi connectivity index (χ0) is 15.9. The Balaban J connectivity index is 2.43. The topological polar surface area (TPSA) is 0 Å². The van der Waals surface area contributed by atoms with Crippen LogP contribution in [-0.2, 0) is 5.75 Å². The zero-order valence-electron chi connectivity index (χ0n) is 14.3. The van der Waals surface area contributed by atoms with E-state index in [1.807, 2.05) is 11.8 Å². The molecule has 0 saturated heterocycles. The minimum Gasteiger partial charge on any atom is -0.161 e. The Morgan fingerprint density at radius 3 is 2.18 bits per heavy atom. The van der Waals surface area contributed by atoms with E-state index in [9.17, 15) is 0 Å². The van der Waals surface area contributed by atoms with Crippen LogP contribution in [0.2, 0.25) is 0 Å². The Hall–Kier alpha value is -1.21. The van der Waals surface area contributed by atoms with Crippen LogP contribution >= 0.6 is 11.8 Å². The van der Waals surface area contributed by atoms with Crippen LogP contribution in [0, 0.1) is 5.92 Å². The fraction of sp³-hybridized carbons (Fsp3) is 0.429. The first-order valence-corrected chi connectivity index (χ1v) is 9.70. The molecule has 118 valence electrons. The van der Waals surface area contributed by atoms with Gasteiger partial charge >= 0.3 is 0 Å². The SMILES string of the molecule is CCC(C)C(c1ccccc1CSC)C(C)c1ccccc1. The number of benzene rings is 2. The maximum atomic E-state index is 2.40. The van der Waals surface area contributed by atoms with Crippen LogP contribution in [0.4, 0.5) is 0 Å². The molecule has 0 amide bonds. The van der Waals surface area contributed by atoms with Gasteiger partial charge in [0.1, 0.15) is 0 Å². The third kappa shape index (κ3) is 3.95. The van der Waals surface area contributed by atoms with E-state index >= 15 is 0 Å². The van der Waals surface area contributed by atoms with Crippen molar-refractivity contribution in [1.29, 1.82) is 0 Å². The monoisotopic (exact) mass is 312 g/mol. The molecule has 0 fully saturated rings. The van der Waals surface area contributed by atoms with Crippen molar-refractivity contribution in [3.05, 3.63) is 71.3 Å². The molecule has 2 rings (SSSR count). The van der Waals surface area contributed by atoms with Crippen molar-refractivity contribution in [3.63, 3.8) is 0 Å². The Bertz CT molecular complexity index is 561. The van der Waals surface area contributed by atoms with Crippen LogP contribution in [0.3, 0.4) is 0 Å². The molecule has 3 atom stereocenters. The van der Waals surface area contributed by atoms with E-state index in [4.69, 9.17) is 0 Å². The summed E-state index contributed by atoms with van der Waals surface area (Å²) in [5, 5.41) is 0. The lowest BCUT2D eigenvalue weighted by atomic mass is 9.73. The summed E-state index contributed by atoms with van der Waals surface area (Å²) < 4.78 is 0. The molecule has 1 heteroatoms. The standard InChI is InChI=1S/C21H28S/c1-5-16(2)21(17(3)18-11-7-6-8-12-18)20-14-10-9-13-19(20)15-22-4/h6-14,16-17,21H,5,15H2,1-4H3. The highest BCUT2D eigenvalue weighted by Gasteiger charge is 2.27. The van der Waals surface area contributed by atoms with Crippen LogP contribution in [0.25, 0.3) is 0 Å². The molecule has 0 radical (unpaired) electrons. The van der Waals surface area contributed by atoms with Crippen molar-refractivity contribution in [3.8, 4) is 0 Å². The van der Waals surface area contributed by atoms with Gasteiger partial charge in [0.15, 0.2) is 0 Å². The third-order valence-electron chi connectivity index (χ3n) is 4.84. The van der Waals surface area contributed by atoms with Crippen LogP contribution in [0.1, 0.15) is 55.7 Å². The Morgan fingerprint density at radius 1 is 0.909 bits per heavy atom. The number of thioether (sulfide) groups is 1. The van der Waals surface area contributed by atoms with Gasteiger partial charge in [0.25, 0.3) is 0 Å². The molecular weight excluding hydrogens is 284 g/mol. The zero-order valence-corrected chi connectivity index (χ0v) is 15.1. The molecule has 0 saturated carbocycles. The van der Waals surface area contributed by atoms with Crippen LogP contribution in [0.5, 0.6) is 0 Å². The predicted octanol–water partition coefficient (Wildman–Crippen LogP) is 6.48. The van der Waals surface area contributed by atoms with Crippen molar-refractivity contribution in [2.45, 2.75) is 44.8 Å². The van der Waals surface area contributed by atoms with Crippen molar-refractivity contribution >= 4 is 11.8 Å². The van der Waals surface area contributed by atoms with Crippen LogP contribution < -0.4 is 0 Å². The quantitative estimate of drug-likeness (QED) is 0.563. The highest BCUT2D eigenvalue weighted by Crippen LogP contribution is 2.41. The Labute approximate surface area is 140 Å². The molecule has 0 aliphatic heterocycles. The maximum absolute atomic E-state index is 2.40.